The lowest BCUT2D eigenvalue weighted by molar-refractivity contribution is -0.384. The number of ketones is 1. The molecule has 3 rings (SSSR count). The predicted molar refractivity (Wildman–Crippen MR) is 85.9 cm³/mol. The number of furan rings is 1. The molecule has 0 aliphatic heterocycles. The minimum absolute atomic E-state index is 0.0256. The van der Waals surface area contributed by atoms with Gasteiger partial charge in [0.2, 0.25) is 5.78 Å². The Hall–Kier alpha value is -3.00. The number of hydrogen-bond donors (Lipinski definition) is 0. The summed E-state index contributed by atoms with van der Waals surface area (Å²) in [5, 5.41) is 11.2. The molecule has 2 aromatic carbocycles. The van der Waals surface area contributed by atoms with Gasteiger partial charge in [-0.3, -0.25) is 14.9 Å². The van der Waals surface area contributed by atoms with Crippen LogP contribution in [0.5, 0.6) is 0 Å². The molecule has 122 valence electrons. The van der Waals surface area contributed by atoms with E-state index in [1.54, 1.807) is 0 Å². The van der Waals surface area contributed by atoms with Crippen LogP contribution in [0, 0.1) is 10.1 Å². The van der Waals surface area contributed by atoms with Crippen LogP contribution in [0.3, 0.4) is 0 Å². The predicted octanol–water partition coefficient (Wildman–Crippen LogP) is 2.98. The number of benzene rings is 2. The van der Waals surface area contributed by atoms with Crippen molar-refractivity contribution in [1.82, 2.24) is 0 Å². The van der Waals surface area contributed by atoms with Crippen LogP contribution >= 0.6 is 0 Å². The minimum atomic E-state index is -3.34. The van der Waals surface area contributed by atoms with Gasteiger partial charge in [-0.25, -0.2) is 8.42 Å². The van der Waals surface area contributed by atoms with Crippen LogP contribution in [0.2, 0.25) is 0 Å². The SMILES string of the molecule is CS(=O)(=O)c1ccc(C(=O)c2cc3cc([N+](=O)[O-])ccc3o2)cc1. The monoisotopic (exact) mass is 345 g/mol. The number of carbonyl (C=O) groups excluding carboxylic acids is 1. The zero-order valence-electron chi connectivity index (χ0n) is 12.4. The van der Waals surface area contributed by atoms with E-state index in [-0.39, 0.29) is 21.9 Å². The first-order valence-corrected chi connectivity index (χ1v) is 8.67. The summed E-state index contributed by atoms with van der Waals surface area (Å²) < 4.78 is 28.3. The molecule has 0 spiro atoms. The van der Waals surface area contributed by atoms with E-state index in [4.69, 9.17) is 4.42 Å². The highest BCUT2D eigenvalue weighted by molar-refractivity contribution is 7.90. The van der Waals surface area contributed by atoms with Crippen molar-refractivity contribution in [2.24, 2.45) is 0 Å². The number of carbonyl (C=O) groups is 1. The Balaban J connectivity index is 1.97. The summed E-state index contributed by atoms with van der Waals surface area (Å²) in [4.78, 5) is 22.8. The molecule has 1 heterocycles. The van der Waals surface area contributed by atoms with Gasteiger partial charge in [0.15, 0.2) is 15.6 Å². The van der Waals surface area contributed by atoms with Gasteiger partial charge >= 0.3 is 0 Å². The third-order valence-electron chi connectivity index (χ3n) is 3.48. The molecule has 0 aliphatic rings. The summed E-state index contributed by atoms with van der Waals surface area (Å²) in [7, 11) is -3.34. The van der Waals surface area contributed by atoms with Gasteiger partial charge in [-0.2, -0.15) is 0 Å². The van der Waals surface area contributed by atoms with E-state index in [0.29, 0.717) is 11.0 Å². The highest BCUT2D eigenvalue weighted by Gasteiger charge is 2.17. The molecule has 0 aliphatic carbocycles. The van der Waals surface area contributed by atoms with Crippen molar-refractivity contribution in [1.29, 1.82) is 0 Å². The lowest BCUT2D eigenvalue weighted by atomic mass is 10.1. The average Bonchev–Trinajstić information content (AvgIpc) is 2.96. The molecule has 0 saturated heterocycles. The highest BCUT2D eigenvalue weighted by Crippen LogP contribution is 2.25. The Morgan fingerprint density at radius 2 is 1.75 bits per heavy atom. The maximum Gasteiger partial charge on any atom is 0.270 e. The molecule has 7 nitrogen and oxygen atoms in total. The fourth-order valence-corrected chi connectivity index (χ4v) is 2.88. The first-order chi connectivity index (χ1) is 11.3. The molecule has 0 radical (unpaired) electrons. The Bertz CT molecular complexity index is 1060. The molecule has 0 fully saturated rings. The zero-order chi connectivity index (χ0) is 17.5. The number of sulfone groups is 1. The van der Waals surface area contributed by atoms with Gasteiger partial charge in [0.25, 0.3) is 5.69 Å². The fraction of sp³-hybridized carbons (Fsp3) is 0.0625. The molecule has 24 heavy (non-hydrogen) atoms. The van der Waals surface area contributed by atoms with E-state index in [0.717, 1.165) is 6.26 Å². The van der Waals surface area contributed by atoms with Gasteiger partial charge in [-0.15, -0.1) is 0 Å². The molecular weight excluding hydrogens is 334 g/mol. The van der Waals surface area contributed by atoms with Crippen LogP contribution in [0.4, 0.5) is 5.69 Å². The quantitative estimate of drug-likeness (QED) is 0.409. The van der Waals surface area contributed by atoms with E-state index in [1.807, 2.05) is 0 Å². The van der Waals surface area contributed by atoms with Gasteiger partial charge in [-0.1, -0.05) is 0 Å². The lowest BCUT2D eigenvalue weighted by Crippen LogP contribution is -2.01. The van der Waals surface area contributed by atoms with E-state index in [1.165, 1.54) is 48.5 Å². The number of hydrogen-bond acceptors (Lipinski definition) is 6. The van der Waals surface area contributed by atoms with Crippen LogP contribution in [0.15, 0.2) is 57.8 Å². The van der Waals surface area contributed by atoms with Crippen LogP contribution in [-0.2, 0) is 9.84 Å². The molecule has 0 N–H and O–H groups in total. The number of fused-ring (bicyclic) bond motifs is 1. The number of nitrogens with zero attached hydrogens (tertiary/aromatic N) is 1. The van der Waals surface area contributed by atoms with Crippen LogP contribution in [0.1, 0.15) is 16.1 Å². The van der Waals surface area contributed by atoms with Crippen LogP contribution in [-0.4, -0.2) is 25.4 Å². The van der Waals surface area contributed by atoms with Crippen molar-refractivity contribution < 1.29 is 22.6 Å². The third kappa shape index (κ3) is 2.91. The van der Waals surface area contributed by atoms with Crippen molar-refractivity contribution in [3.05, 3.63) is 70.0 Å². The average molecular weight is 345 g/mol. The van der Waals surface area contributed by atoms with E-state index >= 15 is 0 Å². The highest BCUT2D eigenvalue weighted by atomic mass is 32.2. The Kier molecular flexibility index (Phi) is 3.69. The van der Waals surface area contributed by atoms with E-state index in [2.05, 4.69) is 0 Å². The summed E-state index contributed by atoms with van der Waals surface area (Å²) in [5.41, 5.74) is 0.521. The summed E-state index contributed by atoms with van der Waals surface area (Å²) in [5.74, 6) is -0.411. The maximum absolute atomic E-state index is 12.4. The second-order valence-corrected chi connectivity index (χ2v) is 7.23. The summed E-state index contributed by atoms with van der Waals surface area (Å²) in [6, 6.07) is 10.9. The fourth-order valence-electron chi connectivity index (χ4n) is 2.25. The van der Waals surface area contributed by atoms with Gasteiger partial charge in [0.1, 0.15) is 5.58 Å². The first-order valence-electron chi connectivity index (χ1n) is 6.78. The Morgan fingerprint density at radius 1 is 1.08 bits per heavy atom. The zero-order valence-corrected chi connectivity index (χ0v) is 13.2. The van der Waals surface area contributed by atoms with Crippen molar-refractivity contribution in [2.75, 3.05) is 6.26 Å². The molecule has 0 unspecified atom stereocenters. The van der Waals surface area contributed by atoms with E-state index in [9.17, 15) is 23.3 Å². The number of nitro benzene ring substituents is 1. The van der Waals surface area contributed by atoms with Crippen LogP contribution < -0.4 is 0 Å². The number of nitro groups is 1. The molecule has 0 saturated carbocycles. The van der Waals surface area contributed by atoms with Gasteiger partial charge in [-0.05, 0) is 36.4 Å². The minimum Gasteiger partial charge on any atom is -0.453 e. The number of non-ortho nitro benzene ring substituents is 1. The first kappa shape index (κ1) is 15.9. The third-order valence-corrected chi connectivity index (χ3v) is 4.61. The lowest BCUT2D eigenvalue weighted by Gasteiger charge is -2.00. The molecule has 1 aromatic heterocycles. The number of rotatable bonds is 4. The Morgan fingerprint density at radius 3 is 2.33 bits per heavy atom. The maximum atomic E-state index is 12.4. The van der Waals surface area contributed by atoms with Crippen molar-refractivity contribution >= 4 is 32.3 Å². The van der Waals surface area contributed by atoms with E-state index < -0.39 is 20.5 Å². The molecule has 0 bridgehead atoms. The topological polar surface area (TPSA) is 107 Å². The molecule has 0 amide bonds. The normalized spacial score (nSPS) is 11.5. The van der Waals surface area contributed by atoms with Crippen LogP contribution in [0.25, 0.3) is 11.0 Å². The van der Waals surface area contributed by atoms with Gasteiger partial charge in [0, 0.05) is 29.3 Å². The van der Waals surface area contributed by atoms with Gasteiger partial charge < -0.3 is 4.42 Å². The molecular formula is C16H11NO6S. The molecule has 8 heteroatoms. The summed E-state index contributed by atoms with van der Waals surface area (Å²) in [6.07, 6.45) is 1.08. The van der Waals surface area contributed by atoms with Crippen molar-refractivity contribution in [3.8, 4) is 0 Å². The Labute approximate surface area is 136 Å². The summed E-state index contributed by atoms with van der Waals surface area (Å²) >= 11 is 0. The standard InChI is InChI=1S/C16H11NO6S/c1-24(21,22)13-5-2-10(3-6-13)16(18)15-9-11-8-12(17(19)20)4-7-14(11)23-15/h2-9H,1H3. The van der Waals surface area contributed by atoms with Crippen molar-refractivity contribution in [3.63, 3.8) is 0 Å². The molecule has 3 aromatic rings. The second-order valence-electron chi connectivity index (χ2n) is 5.22. The summed E-state index contributed by atoms with van der Waals surface area (Å²) in [6.45, 7) is 0. The second kappa shape index (κ2) is 5.57. The molecule has 0 atom stereocenters. The largest absolute Gasteiger partial charge is 0.453 e. The smallest absolute Gasteiger partial charge is 0.270 e. The van der Waals surface area contributed by atoms with Crippen molar-refractivity contribution in [2.45, 2.75) is 4.90 Å². The van der Waals surface area contributed by atoms with Gasteiger partial charge in [0.05, 0.1) is 9.82 Å².